The van der Waals surface area contributed by atoms with Gasteiger partial charge in [-0.05, 0) is 49.6 Å². The fraction of sp³-hybridized carbons (Fsp3) is 0.273. The summed E-state index contributed by atoms with van der Waals surface area (Å²) in [5.41, 5.74) is 0.427. The van der Waals surface area contributed by atoms with Crippen molar-refractivity contribution in [3.63, 3.8) is 0 Å². The Hall–Kier alpha value is -2.90. The zero-order chi connectivity index (χ0) is 20.4. The Morgan fingerprint density at radius 2 is 1.97 bits per heavy atom. The van der Waals surface area contributed by atoms with E-state index in [-0.39, 0.29) is 18.4 Å². The Morgan fingerprint density at radius 3 is 2.69 bits per heavy atom. The summed E-state index contributed by atoms with van der Waals surface area (Å²) in [6, 6.07) is 15.3. The monoisotopic (exact) mass is 410 g/mol. The molecule has 3 aromatic rings. The molecule has 29 heavy (non-hydrogen) atoms. The van der Waals surface area contributed by atoms with Crippen LogP contribution in [0.4, 0.5) is 11.4 Å². The van der Waals surface area contributed by atoms with Gasteiger partial charge in [0, 0.05) is 0 Å². The molecule has 1 aromatic carbocycles. The fourth-order valence-corrected chi connectivity index (χ4v) is 4.47. The van der Waals surface area contributed by atoms with E-state index in [0.717, 1.165) is 16.3 Å². The van der Waals surface area contributed by atoms with Crippen molar-refractivity contribution in [1.82, 2.24) is 0 Å². The largest absolute Gasteiger partial charge is 0.463 e. The minimum absolute atomic E-state index is 0.0876. The van der Waals surface area contributed by atoms with E-state index in [9.17, 15) is 9.59 Å². The van der Waals surface area contributed by atoms with Crippen LogP contribution in [-0.2, 0) is 22.7 Å². The summed E-state index contributed by atoms with van der Waals surface area (Å²) in [6.45, 7) is 5.12. The molecule has 1 unspecified atom stereocenters. The highest BCUT2D eigenvalue weighted by Crippen LogP contribution is 2.36. The SMILES string of the molecule is CC1(C)C(=O)Nc2ccccc2N1C(=O)C[NH+](Cc1ccco1)Cc1cccs1. The summed E-state index contributed by atoms with van der Waals surface area (Å²) in [4.78, 5) is 30.1. The number of thiophene rings is 1. The van der Waals surface area contributed by atoms with E-state index >= 15 is 0 Å². The number of hydrogen-bond acceptors (Lipinski definition) is 4. The highest BCUT2D eigenvalue weighted by molar-refractivity contribution is 7.09. The molecule has 2 N–H and O–H groups in total. The van der Waals surface area contributed by atoms with Crippen LogP contribution in [0.25, 0.3) is 0 Å². The van der Waals surface area contributed by atoms with E-state index in [4.69, 9.17) is 4.42 Å². The van der Waals surface area contributed by atoms with Gasteiger partial charge in [-0.3, -0.25) is 14.5 Å². The topological polar surface area (TPSA) is 67.0 Å². The minimum atomic E-state index is -0.968. The van der Waals surface area contributed by atoms with Crippen LogP contribution in [0.1, 0.15) is 24.5 Å². The van der Waals surface area contributed by atoms with Gasteiger partial charge >= 0.3 is 0 Å². The molecule has 0 saturated carbocycles. The van der Waals surface area contributed by atoms with Crippen molar-refractivity contribution in [2.24, 2.45) is 0 Å². The van der Waals surface area contributed by atoms with Gasteiger partial charge in [-0.25, -0.2) is 0 Å². The minimum Gasteiger partial charge on any atom is -0.463 e. The summed E-state index contributed by atoms with van der Waals surface area (Å²) < 4.78 is 5.52. The van der Waals surface area contributed by atoms with Crippen LogP contribution in [0.15, 0.2) is 64.6 Å². The second-order valence-electron chi connectivity index (χ2n) is 7.70. The van der Waals surface area contributed by atoms with Gasteiger partial charge < -0.3 is 14.6 Å². The van der Waals surface area contributed by atoms with Crippen molar-refractivity contribution in [3.8, 4) is 0 Å². The van der Waals surface area contributed by atoms with Gasteiger partial charge in [0.1, 0.15) is 18.6 Å². The molecule has 6 nitrogen and oxygen atoms in total. The maximum atomic E-state index is 13.5. The van der Waals surface area contributed by atoms with Crippen molar-refractivity contribution in [2.75, 3.05) is 16.8 Å². The van der Waals surface area contributed by atoms with Crippen LogP contribution >= 0.6 is 11.3 Å². The quantitative estimate of drug-likeness (QED) is 0.657. The predicted molar refractivity (Wildman–Crippen MR) is 113 cm³/mol. The van der Waals surface area contributed by atoms with Crippen LogP contribution in [0.5, 0.6) is 0 Å². The first-order valence-electron chi connectivity index (χ1n) is 9.57. The lowest BCUT2D eigenvalue weighted by atomic mass is 9.96. The molecule has 0 spiro atoms. The smallest absolute Gasteiger partial charge is 0.283 e. The average Bonchev–Trinajstić information content (AvgIpc) is 3.36. The number of nitrogens with zero attached hydrogens (tertiary/aromatic N) is 1. The highest BCUT2D eigenvalue weighted by atomic mass is 32.1. The first-order chi connectivity index (χ1) is 13.9. The van der Waals surface area contributed by atoms with E-state index in [2.05, 4.69) is 11.4 Å². The normalized spacial score (nSPS) is 16.2. The lowest BCUT2D eigenvalue weighted by molar-refractivity contribution is -0.920. The molecule has 2 amide bonds. The van der Waals surface area contributed by atoms with E-state index in [0.29, 0.717) is 18.8 Å². The number of fused-ring (bicyclic) bond motifs is 1. The molecule has 7 heteroatoms. The summed E-state index contributed by atoms with van der Waals surface area (Å²) >= 11 is 1.67. The molecule has 3 heterocycles. The summed E-state index contributed by atoms with van der Waals surface area (Å²) in [7, 11) is 0. The molecule has 150 valence electrons. The second kappa shape index (κ2) is 7.85. The lowest BCUT2D eigenvalue weighted by Gasteiger charge is -2.42. The maximum absolute atomic E-state index is 13.5. The molecule has 1 aliphatic rings. The number of hydrogen-bond donors (Lipinski definition) is 2. The zero-order valence-corrected chi connectivity index (χ0v) is 17.3. The Balaban J connectivity index is 1.61. The first kappa shape index (κ1) is 19.4. The number of quaternary nitrogens is 1. The lowest BCUT2D eigenvalue weighted by Crippen LogP contribution is -3.10. The third kappa shape index (κ3) is 3.97. The Kier molecular flexibility index (Phi) is 5.25. The molecule has 0 aliphatic carbocycles. The van der Waals surface area contributed by atoms with Crippen molar-refractivity contribution in [2.45, 2.75) is 32.5 Å². The summed E-state index contributed by atoms with van der Waals surface area (Å²) in [5, 5.41) is 4.95. The van der Waals surface area contributed by atoms with Crippen molar-refractivity contribution in [3.05, 3.63) is 70.8 Å². The number of furan rings is 1. The number of para-hydroxylation sites is 2. The number of amides is 2. The molecule has 0 bridgehead atoms. The standard InChI is InChI=1S/C22H23N3O3S/c1-22(2)21(27)23-18-9-3-4-10-19(18)25(22)20(26)15-24(13-16-7-5-11-28-16)14-17-8-6-12-29-17/h3-12H,13-15H2,1-2H3,(H,23,27)/p+1. The summed E-state index contributed by atoms with van der Waals surface area (Å²) in [6.07, 6.45) is 1.65. The average molecular weight is 411 g/mol. The fourth-order valence-electron chi connectivity index (χ4n) is 3.70. The van der Waals surface area contributed by atoms with Crippen molar-refractivity contribution < 1.29 is 18.9 Å². The number of nitrogens with one attached hydrogen (secondary N) is 2. The van der Waals surface area contributed by atoms with Crippen molar-refractivity contribution >= 4 is 34.5 Å². The van der Waals surface area contributed by atoms with Crippen LogP contribution in [0.2, 0.25) is 0 Å². The van der Waals surface area contributed by atoms with Gasteiger partial charge in [-0.2, -0.15) is 0 Å². The van der Waals surface area contributed by atoms with E-state index in [1.54, 1.807) is 36.3 Å². The van der Waals surface area contributed by atoms with Crippen LogP contribution in [-0.4, -0.2) is 23.9 Å². The second-order valence-corrected chi connectivity index (χ2v) is 8.73. The molecule has 4 rings (SSSR count). The Labute approximate surface area is 173 Å². The van der Waals surface area contributed by atoms with Gasteiger partial charge in [0.15, 0.2) is 12.3 Å². The van der Waals surface area contributed by atoms with E-state index < -0.39 is 5.54 Å². The molecular weight excluding hydrogens is 386 g/mol. The third-order valence-corrected chi connectivity index (χ3v) is 6.04. The molecule has 0 saturated heterocycles. The number of benzene rings is 1. The van der Waals surface area contributed by atoms with Crippen molar-refractivity contribution in [1.29, 1.82) is 0 Å². The van der Waals surface area contributed by atoms with Crippen LogP contribution in [0, 0.1) is 0 Å². The number of rotatable bonds is 6. The van der Waals surface area contributed by atoms with Gasteiger partial charge in [0.2, 0.25) is 5.91 Å². The zero-order valence-electron chi connectivity index (χ0n) is 16.5. The Bertz CT molecular complexity index is 960. The highest BCUT2D eigenvalue weighted by Gasteiger charge is 2.44. The third-order valence-electron chi connectivity index (χ3n) is 5.17. The van der Waals surface area contributed by atoms with Crippen LogP contribution in [0.3, 0.4) is 0 Å². The van der Waals surface area contributed by atoms with Gasteiger partial charge in [0.25, 0.3) is 5.91 Å². The molecule has 2 aromatic heterocycles. The number of carbonyl (C=O) groups is 2. The molecule has 1 aliphatic heterocycles. The molecule has 0 radical (unpaired) electrons. The van der Waals surface area contributed by atoms with E-state index in [1.807, 2.05) is 47.8 Å². The van der Waals surface area contributed by atoms with Crippen LogP contribution < -0.4 is 15.1 Å². The maximum Gasteiger partial charge on any atom is 0.283 e. The molecule has 0 fully saturated rings. The Morgan fingerprint density at radius 1 is 1.14 bits per heavy atom. The first-order valence-corrected chi connectivity index (χ1v) is 10.4. The van der Waals surface area contributed by atoms with Gasteiger partial charge in [-0.15, -0.1) is 11.3 Å². The molecular formula is C22H24N3O3S+. The van der Waals surface area contributed by atoms with Gasteiger partial charge in [-0.1, -0.05) is 18.2 Å². The summed E-state index contributed by atoms with van der Waals surface area (Å²) in [5.74, 6) is 0.561. The van der Waals surface area contributed by atoms with E-state index in [1.165, 1.54) is 4.88 Å². The predicted octanol–water partition coefficient (Wildman–Crippen LogP) is 2.69. The number of carbonyl (C=O) groups excluding carboxylic acids is 2. The number of anilines is 2. The van der Waals surface area contributed by atoms with Gasteiger partial charge in [0.05, 0.1) is 22.5 Å². The molecule has 1 atom stereocenters.